The number of carbonyl (C=O) groups excluding carboxylic acids is 5. The summed E-state index contributed by atoms with van der Waals surface area (Å²) >= 11 is 0. The minimum Gasteiger partial charge on any atom is -0.480 e. The Balaban J connectivity index is 5.37. The quantitative estimate of drug-likeness (QED) is 0.0882. The molecule has 34 heavy (non-hydrogen) atoms. The van der Waals surface area contributed by atoms with Gasteiger partial charge in [-0.05, 0) is 39.2 Å². The van der Waals surface area contributed by atoms with Crippen LogP contribution in [-0.2, 0) is 28.8 Å². The van der Waals surface area contributed by atoms with Crippen molar-refractivity contribution < 1.29 is 39.0 Å². The van der Waals surface area contributed by atoms with Crippen LogP contribution in [-0.4, -0.2) is 82.5 Å². The van der Waals surface area contributed by atoms with E-state index in [1.54, 1.807) is 0 Å². The Morgan fingerprint density at radius 3 is 1.88 bits per heavy atom. The predicted octanol–water partition coefficient (Wildman–Crippen LogP) is -4.50. The average Bonchev–Trinajstić information content (AvgIpc) is 2.73. The van der Waals surface area contributed by atoms with Crippen molar-refractivity contribution >= 4 is 35.5 Å². The van der Waals surface area contributed by atoms with Crippen molar-refractivity contribution in [2.24, 2.45) is 22.9 Å². The molecule has 0 aromatic rings. The molecule has 0 spiro atoms. The zero-order chi connectivity index (χ0) is 26.4. The Morgan fingerprint density at radius 2 is 1.41 bits per heavy atom. The number of hydrogen-bond acceptors (Lipinski definition) is 9. The van der Waals surface area contributed by atoms with E-state index in [-0.39, 0.29) is 19.3 Å². The zero-order valence-corrected chi connectivity index (χ0v) is 19.0. The molecule has 0 fully saturated rings. The first-order valence-electron chi connectivity index (χ1n) is 10.6. The van der Waals surface area contributed by atoms with Gasteiger partial charge in [-0.25, -0.2) is 4.79 Å². The first-order valence-corrected chi connectivity index (χ1v) is 10.6. The third kappa shape index (κ3) is 12.1. The van der Waals surface area contributed by atoms with Gasteiger partial charge in [0.15, 0.2) is 0 Å². The third-order valence-electron chi connectivity index (χ3n) is 4.70. The second-order valence-electron chi connectivity index (χ2n) is 7.75. The van der Waals surface area contributed by atoms with E-state index in [0.29, 0.717) is 19.4 Å². The summed E-state index contributed by atoms with van der Waals surface area (Å²) in [7, 11) is 0. The molecule has 0 aliphatic heterocycles. The minimum atomic E-state index is -1.59. The van der Waals surface area contributed by atoms with Gasteiger partial charge >= 0.3 is 5.97 Å². The third-order valence-corrected chi connectivity index (χ3v) is 4.70. The molecule has 5 unspecified atom stereocenters. The van der Waals surface area contributed by atoms with Crippen LogP contribution in [0.2, 0.25) is 0 Å². The molecule has 5 atom stereocenters. The van der Waals surface area contributed by atoms with Crippen molar-refractivity contribution in [2.45, 2.75) is 75.7 Å². The van der Waals surface area contributed by atoms with E-state index in [2.05, 4.69) is 16.0 Å². The molecule has 13 N–H and O–H groups in total. The van der Waals surface area contributed by atoms with Crippen molar-refractivity contribution in [1.29, 1.82) is 0 Å². The molecule has 0 rings (SSSR count). The van der Waals surface area contributed by atoms with Crippen LogP contribution in [0.15, 0.2) is 0 Å². The lowest BCUT2D eigenvalue weighted by Crippen LogP contribution is -2.60. The van der Waals surface area contributed by atoms with Crippen LogP contribution < -0.4 is 38.9 Å². The van der Waals surface area contributed by atoms with E-state index in [9.17, 15) is 39.0 Å². The van der Waals surface area contributed by atoms with Gasteiger partial charge in [0.1, 0.15) is 18.1 Å². The maximum absolute atomic E-state index is 12.7. The van der Waals surface area contributed by atoms with Crippen molar-refractivity contribution in [1.82, 2.24) is 16.0 Å². The molecule has 0 heterocycles. The van der Waals surface area contributed by atoms with Gasteiger partial charge in [-0.3, -0.25) is 24.0 Å². The van der Waals surface area contributed by atoms with Gasteiger partial charge in [0.2, 0.25) is 29.5 Å². The van der Waals surface area contributed by atoms with Crippen LogP contribution in [0.4, 0.5) is 0 Å². The number of carboxylic acid groups (broad SMARTS) is 1. The fourth-order valence-electron chi connectivity index (χ4n) is 2.79. The molecule has 0 aromatic heterocycles. The van der Waals surface area contributed by atoms with Gasteiger partial charge in [0.25, 0.3) is 0 Å². The first-order chi connectivity index (χ1) is 15.8. The molecule has 0 aliphatic rings. The molecule has 0 bridgehead atoms. The maximum atomic E-state index is 12.7. The van der Waals surface area contributed by atoms with E-state index < -0.39 is 72.2 Å². The van der Waals surface area contributed by atoms with Crippen LogP contribution in [0.5, 0.6) is 0 Å². The summed E-state index contributed by atoms with van der Waals surface area (Å²) in [6.07, 6.45) is -1.42. The second kappa shape index (κ2) is 15.5. The molecule has 0 saturated carbocycles. The summed E-state index contributed by atoms with van der Waals surface area (Å²) in [6.45, 7) is 1.51. The fraction of sp³-hybridized carbons (Fsp3) is 0.684. The summed E-state index contributed by atoms with van der Waals surface area (Å²) in [5, 5.41) is 25.8. The van der Waals surface area contributed by atoms with Gasteiger partial charge in [0, 0.05) is 6.42 Å². The Hall–Kier alpha value is -3.30. The number of amides is 5. The molecule has 15 nitrogen and oxygen atoms in total. The highest BCUT2D eigenvalue weighted by Gasteiger charge is 2.33. The number of rotatable bonds is 17. The van der Waals surface area contributed by atoms with Gasteiger partial charge in [-0.2, -0.15) is 0 Å². The lowest BCUT2D eigenvalue weighted by molar-refractivity contribution is -0.142. The van der Waals surface area contributed by atoms with E-state index >= 15 is 0 Å². The maximum Gasteiger partial charge on any atom is 0.326 e. The number of aliphatic hydroxyl groups is 1. The summed E-state index contributed by atoms with van der Waals surface area (Å²) in [6, 6.07) is -5.68. The summed E-state index contributed by atoms with van der Waals surface area (Å²) in [5.41, 5.74) is 21.2. The number of hydrogen-bond donors (Lipinski definition) is 9. The molecular weight excluding hydrogens is 454 g/mol. The zero-order valence-electron chi connectivity index (χ0n) is 19.0. The summed E-state index contributed by atoms with van der Waals surface area (Å²) in [5.74, 6) is -5.90. The number of unbranched alkanes of at least 4 members (excludes halogenated alkanes) is 1. The molecule has 0 radical (unpaired) electrons. The number of carbonyl (C=O) groups is 6. The number of primary amides is 2. The van der Waals surface area contributed by atoms with Crippen LogP contribution >= 0.6 is 0 Å². The normalized spacial score (nSPS) is 15.2. The Kier molecular flexibility index (Phi) is 14.0. The largest absolute Gasteiger partial charge is 0.480 e. The predicted molar refractivity (Wildman–Crippen MR) is 118 cm³/mol. The summed E-state index contributed by atoms with van der Waals surface area (Å²) in [4.78, 5) is 71.2. The van der Waals surface area contributed by atoms with Gasteiger partial charge in [0.05, 0.1) is 18.6 Å². The minimum absolute atomic E-state index is 0.0606. The van der Waals surface area contributed by atoms with E-state index in [1.165, 1.54) is 6.92 Å². The van der Waals surface area contributed by atoms with Crippen molar-refractivity contribution in [3.05, 3.63) is 0 Å². The fourth-order valence-corrected chi connectivity index (χ4v) is 2.79. The Bertz CT molecular complexity index is 746. The molecule has 0 aromatic carbocycles. The van der Waals surface area contributed by atoms with Crippen molar-refractivity contribution in [2.75, 3.05) is 6.54 Å². The highest BCUT2D eigenvalue weighted by atomic mass is 16.4. The average molecular weight is 490 g/mol. The number of nitrogens with two attached hydrogens (primary N) is 4. The second-order valence-corrected chi connectivity index (χ2v) is 7.75. The highest BCUT2D eigenvalue weighted by molar-refractivity contribution is 5.96. The highest BCUT2D eigenvalue weighted by Crippen LogP contribution is 2.04. The monoisotopic (exact) mass is 489 g/mol. The number of aliphatic carboxylic acids is 1. The molecular formula is C19H35N7O8. The van der Waals surface area contributed by atoms with Gasteiger partial charge in [-0.1, -0.05) is 0 Å². The van der Waals surface area contributed by atoms with Crippen molar-refractivity contribution in [3.8, 4) is 0 Å². The molecule has 0 aliphatic carbocycles. The van der Waals surface area contributed by atoms with Crippen molar-refractivity contribution in [3.63, 3.8) is 0 Å². The van der Waals surface area contributed by atoms with E-state index in [0.717, 1.165) is 0 Å². The van der Waals surface area contributed by atoms with Crippen LogP contribution in [0, 0.1) is 0 Å². The number of nitrogens with one attached hydrogen (secondary N) is 3. The van der Waals surface area contributed by atoms with Gasteiger partial charge < -0.3 is 49.1 Å². The Labute approximate surface area is 196 Å². The Morgan fingerprint density at radius 1 is 0.824 bits per heavy atom. The van der Waals surface area contributed by atoms with E-state index in [1.807, 2.05) is 0 Å². The first kappa shape index (κ1) is 30.7. The van der Waals surface area contributed by atoms with Crippen LogP contribution in [0.1, 0.15) is 45.4 Å². The molecule has 15 heteroatoms. The topological polar surface area (TPSA) is 283 Å². The van der Waals surface area contributed by atoms with Crippen LogP contribution in [0.3, 0.4) is 0 Å². The number of aliphatic hydroxyl groups excluding tert-OH is 1. The lowest BCUT2D eigenvalue weighted by atomic mass is 10.1. The summed E-state index contributed by atoms with van der Waals surface area (Å²) < 4.78 is 0. The van der Waals surface area contributed by atoms with E-state index in [4.69, 9.17) is 22.9 Å². The molecule has 0 saturated heterocycles. The lowest BCUT2D eigenvalue weighted by Gasteiger charge is -2.26. The smallest absolute Gasteiger partial charge is 0.326 e. The standard InChI is InChI=1S/C19H35N7O8/c1-9(27)15(26-16(30)10(21)5-6-13(22)28)18(32)25-12(8-14(23)29)17(31)24-11(19(33)34)4-2-3-7-20/h9-12,15,27H,2-8,20-21H2,1H3,(H2,22,28)(H2,23,29)(H,24,31)(H,25,32)(H,26,30)(H,33,34). The number of carboxylic acids is 1. The van der Waals surface area contributed by atoms with Crippen LogP contribution in [0.25, 0.3) is 0 Å². The molecule has 5 amide bonds. The van der Waals surface area contributed by atoms with Gasteiger partial charge in [-0.15, -0.1) is 0 Å². The molecule has 194 valence electrons. The SMILES string of the molecule is CC(O)C(NC(=O)C(N)CCC(N)=O)C(=O)NC(CC(N)=O)C(=O)NC(CCCCN)C(=O)O.